The minimum Gasteiger partial charge on any atom is -0.298 e. The summed E-state index contributed by atoms with van der Waals surface area (Å²) in [5.74, 6) is 0. The van der Waals surface area contributed by atoms with Crippen LogP contribution >= 0.6 is 11.3 Å². The first-order valence-electron chi connectivity index (χ1n) is 4.71. The maximum atomic E-state index is 11.4. The Balaban J connectivity index is 2.62. The lowest BCUT2D eigenvalue weighted by Crippen LogP contribution is -1.99. The summed E-state index contributed by atoms with van der Waals surface area (Å²) in [6, 6.07) is 4.47. The van der Waals surface area contributed by atoms with Gasteiger partial charge in [0.05, 0.1) is 4.90 Å². The first kappa shape index (κ1) is 11.9. The zero-order chi connectivity index (χ0) is 12.5. The Morgan fingerprint density at radius 1 is 1.35 bits per heavy atom. The van der Waals surface area contributed by atoms with Crippen LogP contribution in [0.4, 0.5) is 0 Å². The van der Waals surface area contributed by atoms with Gasteiger partial charge in [-0.3, -0.25) is 4.79 Å². The molecule has 0 unspecified atom stereocenters. The van der Waals surface area contributed by atoms with Crippen molar-refractivity contribution in [3.63, 3.8) is 0 Å². The van der Waals surface area contributed by atoms with Crippen molar-refractivity contribution in [2.24, 2.45) is 0 Å². The van der Waals surface area contributed by atoms with Crippen LogP contribution in [0.15, 0.2) is 34.7 Å². The molecular formula is C11H9NO3S2. The second-order valence-electron chi connectivity index (χ2n) is 3.48. The summed E-state index contributed by atoms with van der Waals surface area (Å²) in [4.78, 5) is 15.2. The van der Waals surface area contributed by atoms with E-state index in [1.807, 2.05) is 0 Å². The minimum atomic E-state index is -3.30. The lowest BCUT2D eigenvalue weighted by atomic mass is 10.1. The summed E-state index contributed by atoms with van der Waals surface area (Å²) < 4.78 is 22.7. The Morgan fingerprint density at radius 3 is 2.65 bits per heavy atom. The van der Waals surface area contributed by atoms with Crippen molar-refractivity contribution in [3.05, 3.63) is 35.3 Å². The average molecular weight is 267 g/mol. The molecule has 1 aromatic heterocycles. The molecule has 0 radical (unpaired) electrons. The van der Waals surface area contributed by atoms with Crippen molar-refractivity contribution in [3.8, 4) is 10.6 Å². The molecule has 0 bridgehead atoms. The number of carbonyl (C=O) groups is 1. The SMILES string of the molecule is CS(=O)(=O)c1ccc(-c2nccs2)c(C=O)c1. The van der Waals surface area contributed by atoms with Gasteiger partial charge in [-0.25, -0.2) is 13.4 Å². The number of thiazole rings is 1. The van der Waals surface area contributed by atoms with E-state index in [0.29, 0.717) is 22.4 Å². The van der Waals surface area contributed by atoms with Gasteiger partial charge in [0.15, 0.2) is 16.1 Å². The summed E-state index contributed by atoms with van der Waals surface area (Å²) in [6.45, 7) is 0. The van der Waals surface area contributed by atoms with Crippen molar-refractivity contribution in [1.82, 2.24) is 4.98 Å². The minimum absolute atomic E-state index is 0.139. The van der Waals surface area contributed by atoms with Crippen LogP contribution in [0.1, 0.15) is 10.4 Å². The predicted octanol–water partition coefficient (Wildman–Crippen LogP) is 2.03. The molecule has 2 rings (SSSR count). The molecule has 1 aromatic carbocycles. The second-order valence-corrected chi connectivity index (χ2v) is 6.39. The normalized spacial score (nSPS) is 11.4. The van der Waals surface area contributed by atoms with Crippen molar-refractivity contribution in [1.29, 1.82) is 0 Å². The van der Waals surface area contributed by atoms with Gasteiger partial charge in [-0.1, -0.05) is 0 Å². The van der Waals surface area contributed by atoms with Gasteiger partial charge in [0.2, 0.25) is 0 Å². The number of hydrogen-bond donors (Lipinski definition) is 0. The van der Waals surface area contributed by atoms with Gasteiger partial charge in [-0.15, -0.1) is 11.3 Å². The fourth-order valence-electron chi connectivity index (χ4n) is 1.42. The van der Waals surface area contributed by atoms with Gasteiger partial charge < -0.3 is 0 Å². The number of aldehydes is 1. The Kier molecular flexibility index (Phi) is 3.08. The highest BCUT2D eigenvalue weighted by Crippen LogP contribution is 2.26. The smallest absolute Gasteiger partial charge is 0.175 e. The van der Waals surface area contributed by atoms with E-state index in [-0.39, 0.29) is 4.90 Å². The van der Waals surface area contributed by atoms with Gasteiger partial charge in [-0.2, -0.15) is 0 Å². The van der Waals surface area contributed by atoms with E-state index in [1.54, 1.807) is 17.6 Å². The van der Waals surface area contributed by atoms with Crippen molar-refractivity contribution < 1.29 is 13.2 Å². The molecule has 88 valence electrons. The molecule has 0 amide bonds. The first-order valence-corrected chi connectivity index (χ1v) is 7.48. The van der Waals surface area contributed by atoms with E-state index in [4.69, 9.17) is 0 Å². The molecule has 17 heavy (non-hydrogen) atoms. The highest BCUT2D eigenvalue weighted by atomic mass is 32.2. The molecular weight excluding hydrogens is 258 g/mol. The molecule has 0 atom stereocenters. The van der Waals surface area contributed by atoms with Gasteiger partial charge in [0.25, 0.3) is 0 Å². The second kappa shape index (κ2) is 4.38. The van der Waals surface area contributed by atoms with E-state index in [0.717, 1.165) is 6.26 Å². The standard InChI is InChI=1S/C11H9NO3S2/c1-17(14,15)9-2-3-10(8(6-9)7-13)11-12-4-5-16-11/h2-7H,1H3. The predicted molar refractivity (Wildman–Crippen MR) is 66.0 cm³/mol. The number of benzene rings is 1. The number of sulfone groups is 1. The van der Waals surface area contributed by atoms with Gasteiger partial charge in [0, 0.05) is 29.0 Å². The highest BCUT2D eigenvalue weighted by molar-refractivity contribution is 7.90. The van der Waals surface area contributed by atoms with Crippen molar-refractivity contribution >= 4 is 27.5 Å². The Bertz CT molecular complexity index is 645. The van der Waals surface area contributed by atoms with Crippen LogP contribution in [0.2, 0.25) is 0 Å². The number of carbonyl (C=O) groups excluding carboxylic acids is 1. The number of aromatic nitrogens is 1. The lowest BCUT2D eigenvalue weighted by Gasteiger charge is -2.04. The number of hydrogen-bond acceptors (Lipinski definition) is 5. The van der Waals surface area contributed by atoms with Crippen LogP contribution in [0.3, 0.4) is 0 Å². The topological polar surface area (TPSA) is 64.1 Å². The van der Waals surface area contributed by atoms with Crippen molar-refractivity contribution in [2.75, 3.05) is 6.26 Å². The highest BCUT2D eigenvalue weighted by Gasteiger charge is 2.12. The summed E-state index contributed by atoms with van der Waals surface area (Å²) in [5, 5.41) is 2.50. The van der Waals surface area contributed by atoms with Crippen LogP contribution < -0.4 is 0 Å². The van der Waals surface area contributed by atoms with Gasteiger partial charge in [-0.05, 0) is 18.2 Å². The summed E-state index contributed by atoms with van der Waals surface area (Å²) in [5.41, 5.74) is 0.991. The van der Waals surface area contributed by atoms with E-state index < -0.39 is 9.84 Å². The molecule has 0 saturated carbocycles. The van der Waals surface area contributed by atoms with Gasteiger partial charge >= 0.3 is 0 Å². The van der Waals surface area contributed by atoms with Crippen LogP contribution in [0.25, 0.3) is 10.6 Å². The van der Waals surface area contributed by atoms with Gasteiger partial charge in [0.1, 0.15) is 5.01 Å². The fraction of sp³-hybridized carbons (Fsp3) is 0.0909. The molecule has 0 saturated heterocycles. The summed E-state index contributed by atoms with van der Waals surface area (Å²) >= 11 is 1.40. The molecule has 4 nitrogen and oxygen atoms in total. The Hall–Kier alpha value is -1.53. The zero-order valence-electron chi connectivity index (χ0n) is 8.95. The van der Waals surface area contributed by atoms with Crippen LogP contribution in [-0.2, 0) is 9.84 Å². The summed E-state index contributed by atoms with van der Waals surface area (Å²) in [6.07, 6.45) is 3.39. The third-order valence-corrected chi connectivity index (χ3v) is 4.16. The monoisotopic (exact) mass is 267 g/mol. The van der Waals surface area contributed by atoms with E-state index in [1.165, 1.54) is 23.5 Å². The van der Waals surface area contributed by atoms with Crippen LogP contribution in [-0.4, -0.2) is 25.9 Å². The largest absolute Gasteiger partial charge is 0.298 e. The molecule has 0 aliphatic carbocycles. The molecule has 0 fully saturated rings. The maximum Gasteiger partial charge on any atom is 0.175 e. The van der Waals surface area contributed by atoms with Crippen molar-refractivity contribution in [2.45, 2.75) is 4.90 Å². The third-order valence-electron chi connectivity index (χ3n) is 2.24. The molecule has 0 aliphatic rings. The third kappa shape index (κ3) is 2.42. The molecule has 0 N–H and O–H groups in total. The first-order chi connectivity index (χ1) is 8.02. The quantitative estimate of drug-likeness (QED) is 0.798. The molecule has 6 heteroatoms. The van der Waals surface area contributed by atoms with E-state index in [9.17, 15) is 13.2 Å². The fourth-order valence-corrected chi connectivity index (χ4v) is 2.76. The lowest BCUT2D eigenvalue weighted by molar-refractivity contribution is 0.112. The maximum absolute atomic E-state index is 11.4. The van der Waals surface area contributed by atoms with Crippen LogP contribution in [0, 0.1) is 0 Å². The molecule has 0 spiro atoms. The van der Waals surface area contributed by atoms with E-state index >= 15 is 0 Å². The Labute approximate surface area is 103 Å². The zero-order valence-corrected chi connectivity index (χ0v) is 10.6. The Morgan fingerprint density at radius 2 is 2.12 bits per heavy atom. The van der Waals surface area contributed by atoms with E-state index in [2.05, 4.69) is 4.98 Å². The number of nitrogens with zero attached hydrogens (tertiary/aromatic N) is 1. The average Bonchev–Trinajstić information content (AvgIpc) is 2.80. The molecule has 1 heterocycles. The van der Waals surface area contributed by atoms with Crippen LogP contribution in [0.5, 0.6) is 0 Å². The summed E-state index contributed by atoms with van der Waals surface area (Å²) in [7, 11) is -3.30. The molecule has 0 aliphatic heterocycles. The number of rotatable bonds is 3. The molecule has 2 aromatic rings.